The van der Waals surface area contributed by atoms with Crippen molar-refractivity contribution in [2.45, 2.75) is 25.7 Å². The maximum atomic E-state index is 11.5. The van der Waals surface area contributed by atoms with Crippen molar-refractivity contribution in [2.24, 2.45) is 5.92 Å². The number of likely N-dealkylation sites (N-methyl/N-ethyl adjacent to an activating group) is 1. The molecule has 0 aromatic heterocycles. The van der Waals surface area contributed by atoms with Crippen molar-refractivity contribution in [3.8, 4) is 0 Å². The fraction of sp³-hybridized carbons (Fsp3) is 0.846. The third kappa shape index (κ3) is 3.53. The summed E-state index contributed by atoms with van der Waals surface area (Å²) < 4.78 is 0. The molecular weight excluding hydrogens is 230 g/mol. The van der Waals surface area contributed by atoms with E-state index in [-0.39, 0.29) is 11.8 Å². The molecule has 2 aliphatic heterocycles. The Labute approximate surface area is 108 Å². The molecule has 102 valence electrons. The van der Waals surface area contributed by atoms with Gasteiger partial charge < -0.3 is 10.2 Å². The second-order valence-corrected chi connectivity index (χ2v) is 5.39. The largest absolute Gasteiger partial charge is 0.317 e. The highest BCUT2D eigenvalue weighted by Crippen LogP contribution is 2.14. The van der Waals surface area contributed by atoms with Crippen LogP contribution in [0.4, 0.5) is 0 Å². The smallest absolute Gasteiger partial charge is 0.229 e. The summed E-state index contributed by atoms with van der Waals surface area (Å²) in [7, 11) is 2.08. The van der Waals surface area contributed by atoms with Gasteiger partial charge in [0, 0.05) is 32.5 Å². The number of hydrogen-bond acceptors (Lipinski definition) is 4. The fourth-order valence-corrected chi connectivity index (χ4v) is 2.74. The standard InChI is InChI=1S/C13H23N3O2/c1-15(10-11-4-6-14-7-5-11)8-9-16-12(17)2-3-13(16)18/h11,14H,2-10H2,1H3. The van der Waals surface area contributed by atoms with Crippen molar-refractivity contribution in [1.29, 1.82) is 0 Å². The molecule has 2 amide bonds. The number of carbonyl (C=O) groups is 2. The summed E-state index contributed by atoms with van der Waals surface area (Å²) in [5.41, 5.74) is 0. The van der Waals surface area contributed by atoms with Gasteiger partial charge in [0.1, 0.15) is 0 Å². The highest BCUT2D eigenvalue weighted by molar-refractivity contribution is 6.01. The molecule has 2 heterocycles. The van der Waals surface area contributed by atoms with Gasteiger partial charge in [0.25, 0.3) is 0 Å². The van der Waals surface area contributed by atoms with E-state index >= 15 is 0 Å². The molecule has 2 aliphatic rings. The number of piperidine rings is 1. The van der Waals surface area contributed by atoms with Gasteiger partial charge in [-0.2, -0.15) is 0 Å². The van der Waals surface area contributed by atoms with Crippen LogP contribution in [0.1, 0.15) is 25.7 Å². The van der Waals surface area contributed by atoms with Gasteiger partial charge in [-0.3, -0.25) is 14.5 Å². The van der Waals surface area contributed by atoms with Crippen molar-refractivity contribution >= 4 is 11.8 Å². The second-order valence-electron chi connectivity index (χ2n) is 5.39. The summed E-state index contributed by atoms with van der Waals surface area (Å²) in [4.78, 5) is 26.6. The molecule has 0 aromatic rings. The first-order valence-corrected chi connectivity index (χ1v) is 6.89. The molecule has 1 N–H and O–H groups in total. The van der Waals surface area contributed by atoms with E-state index in [2.05, 4.69) is 17.3 Å². The highest BCUT2D eigenvalue weighted by atomic mass is 16.2. The van der Waals surface area contributed by atoms with Crippen LogP contribution < -0.4 is 5.32 Å². The average molecular weight is 253 g/mol. The molecule has 0 aromatic carbocycles. The first-order valence-electron chi connectivity index (χ1n) is 6.89. The Morgan fingerprint density at radius 3 is 2.44 bits per heavy atom. The van der Waals surface area contributed by atoms with Crippen LogP contribution in [0.3, 0.4) is 0 Å². The van der Waals surface area contributed by atoms with E-state index in [9.17, 15) is 9.59 Å². The monoisotopic (exact) mass is 253 g/mol. The van der Waals surface area contributed by atoms with Crippen LogP contribution in [0.15, 0.2) is 0 Å². The number of rotatable bonds is 5. The Morgan fingerprint density at radius 2 is 1.83 bits per heavy atom. The maximum Gasteiger partial charge on any atom is 0.229 e. The van der Waals surface area contributed by atoms with E-state index in [1.165, 1.54) is 17.7 Å². The zero-order chi connectivity index (χ0) is 13.0. The Kier molecular flexibility index (Phi) is 4.72. The lowest BCUT2D eigenvalue weighted by Crippen LogP contribution is -2.39. The van der Waals surface area contributed by atoms with E-state index in [4.69, 9.17) is 0 Å². The number of hydrogen-bond donors (Lipinski definition) is 1. The number of likely N-dealkylation sites (tertiary alicyclic amines) is 1. The van der Waals surface area contributed by atoms with Gasteiger partial charge in [-0.1, -0.05) is 0 Å². The Balaban J connectivity index is 1.69. The van der Waals surface area contributed by atoms with E-state index in [1.807, 2.05) is 0 Å². The molecule has 2 rings (SSSR count). The van der Waals surface area contributed by atoms with Crippen LogP contribution in [-0.4, -0.2) is 61.4 Å². The molecule has 0 unspecified atom stereocenters. The molecule has 2 saturated heterocycles. The van der Waals surface area contributed by atoms with Crippen LogP contribution >= 0.6 is 0 Å². The molecular formula is C13H23N3O2. The van der Waals surface area contributed by atoms with Crippen LogP contribution in [0.25, 0.3) is 0 Å². The molecule has 2 fully saturated rings. The molecule has 0 bridgehead atoms. The third-order valence-corrected chi connectivity index (χ3v) is 3.89. The fourth-order valence-electron chi connectivity index (χ4n) is 2.74. The van der Waals surface area contributed by atoms with Crippen molar-refractivity contribution in [3.63, 3.8) is 0 Å². The molecule has 5 heteroatoms. The van der Waals surface area contributed by atoms with Crippen molar-refractivity contribution in [1.82, 2.24) is 15.1 Å². The molecule has 0 radical (unpaired) electrons. The minimum Gasteiger partial charge on any atom is -0.317 e. The van der Waals surface area contributed by atoms with E-state index in [1.54, 1.807) is 0 Å². The van der Waals surface area contributed by atoms with E-state index in [0.29, 0.717) is 19.4 Å². The number of nitrogens with one attached hydrogen (secondary N) is 1. The predicted molar refractivity (Wildman–Crippen MR) is 69.0 cm³/mol. The first-order chi connectivity index (χ1) is 8.66. The van der Waals surface area contributed by atoms with Gasteiger partial charge in [0.05, 0.1) is 0 Å². The molecule has 5 nitrogen and oxygen atoms in total. The summed E-state index contributed by atoms with van der Waals surface area (Å²) >= 11 is 0. The Morgan fingerprint density at radius 1 is 1.22 bits per heavy atom. The molecule has 0 saturated carbocycles. The van der Waals surface area contributed by atoms with Gasteiger partial charge >= 0.3 is 0 Å². The lowest BCUT2D eigenvalue weighted by Gasteiger charge is -2.28. The molecule has 0 aliphatic carbocycles. The SMILES string of the molecule is CN(CCN1C(=O)CCC1=O)CC1CCNCC1. The number of amides is 2. The summed E-state index contributed by atoms with van der Waals surface area (Å²) in [6, 6.07) is 0. The Hall–Kier alpha value is -0.940. The maximum absolute atomic E-state index is 11.5. The lowest BCUT2D eigenvalue weighted by molar-refractivity contribution is -0.138. The van der Waals surface area contributed by atoms with Crippen LogP contribution in [-0.2, 0) is 9.59 Å². The number of imide groups is 1. The first kappa shape index (κ1) is 13.5. The zero-order valence-electron chi connectivity index (χ0n) is 11.2. The number of carbonyl (C=O) groups excluding carboxylic acids is 2. The van der Waals surface area contributed by atoms with Gasteiger partial charge in [-0.15, -0.1) is 0 Å². The summed E-state index contributed by atoms with van der Waals surface area (Å²) in [6.07, 6.45) is 3.26. The van der Waals surface area contributed by atoms with Gasteiger partial charge in [-0.25, -0.2) is 0 Å². The summed E-state index contributed by atoms with van der Waals surface area (Å²) in [6.45, 7) is 4.64. The van der Waals surface area contributed by atoms with Crippen molar-refractivity contribution in [2.75, 3.05) is 39.8 Å². The topological polar surface area (TPSA) is 52.7 Å². The van der Waals surface area contributed by atoms with E-state index in [0.717, 1.165) is 32.1 Å². The predicted octanol–water partition coefficient (Wildman–Crippen LogP) is 0.0668. The van der Waals surface area contributed by atoms with Crippen molar-refractivity contribution in [3.05, 3.63) is 0 Å². The quantitative estimate of drug-likeness (QED) is 0.704. The molecule has 0 atom stereocenters. The molecule has 0 spiro atoms. The number of nitrogens with zero attached hydrogens (tertiary/aromatic N) is 2. The minimum atomic E-state index is -0.00438. The minimum absolute atomic E-state index is 0.00438. The average Bonchev–Trinajstić information content (AvgIpc) is 2.68. The van der Waals surface area contributed by atoms with Gasteiger partial charge in [0.15, 0.2) is 0 Å². The highest BCUT2D eigenvalue weighted by Gasteiger charge is 2.28. The van der Waals surface area contributed by atoms with Crippen LogP contribution in [0, 0.1) is 5.92 Å². The van der Waals surface area contributed by atoms with Gasteiger partial charge in [0.2, 0.25) is 11.8 Å². The lowest BCUT2D eigenvalue weighted by atomic mass is 9.98. The van der Waals surface area contributed by atoms with Crippen LogP contribution in [0.2, 0.25) is 0 Å². The molecule has 18 heavy (non-hydrogen) atoms. The zero-order valence-corrected chi connectivity index (χ0v) is 11.2. The third-order valence-electron chi connectivity index (χ3n) is 3.89. The van der Waals surface area contributed by atoms with Crippen molar-refractivity contribution < 1.29 is 9.59 Å². The summed E-state index contributed by atoms with van der Waals surface area (Å²) in [5, 5.41) is 3.36. The second kappa shape index (κ2) is 6.29. The van der Waals surface area contributed by atoms with E-state index < -0.39 is 0 Å². The van der Waals surface area contributed by atoms with Crippen LogP contribution in [0.5, 0.6) is 0 Å². The summed E-state index contributed by atoms with van der Waals surface area (Å²) in [5.74, 6) is 0.742. The Bertz CT molecular complexity index is 297. The van der Waals surface area contributed by atoms with Gasteiger partial charge in [-0.05, 0) is 38.9 Å². The normalized spacial score (nSPS) is 22.2.